The molecule has 3 fully saturated rings. The summed E-state index contributed by atoms with van der Waals surface area (Å²) in [6.07, 6.45) is 14.0. The van der Waals surface area contributed by atoms with Crippen LogP contribution < -0.4 is 0 Å². The first kappa shape index (κ1) is 21.7. The van der Waals surface area contributed by atoms with Gasteiger partial charge in [-0.05, 0) is 103 Å². The highest BCUT2D eigenvalue weighted by Gasteiger charge is 2.62. The van der Waals surface area contributed by atoms with Crippen LogP contribution in [0.15, 0.2) is 11.3 Å². The lowest BCUT2D eigenvalue weighted by Gasteiger charge is -2.59. The molecule has 2 N–H and O–H groups in total. The average Bonchev–Trinajstić information content (AvgIpc) is 3.02. The molecule has 4 aliphatic rings. The second kappa shape index (κ2) is 7.88. The van der Waals surface area contributed by atoms with Crippen molar-refractivity contribution in [2.24, 2.45) is 46.3 Å². The predicted molar refractivity (Wildman–Crippen MR) is 120 cm³/mol. The summed E-state index contributed by atoms with van der Waals surface area (Å²) >= 11 is 0. The van der Waals surface area contributed by atoms with Gasteiger partial charge in [0.2, 0.25) is 0 Å². The third kappa shape index (κ3) is 3.40. The van der Waals surface area contributed by atoms with Gasteiger partial charge >= 0.3 is 0 Å². The molecule has 0 aliphatic heterocycles. The van der Waals surface area contributed by atoms with Crippen molar-refractivity contribution in [1.82, 2.24) is 0 Å². The van der Waals surface area contributed by atoms with Gasteiger partial charge in [0.15, 0.2) is 0 Å². The Morgan fingerprint density at radius 3 is 2.52 bits per heavy atom. The fraction of sp³-hybridized carbons (Fsp3) is 0.889. The number of aliphatic hydroxyl groups is 2. The molecule has 0 heterocycles. The third-order valence-electron chi connectivity index (χ3n) is 10.2. The average molecular weight is 402 g/mol. The second-order valence-electron chi connectivity index (χ2n) is 12.1. The minimum Gasteiger partial charge on any atom is -0.510 e. The van der Waals surface area contributed by atoms with E-state index in [-0.39, 0.29) is 11.3 Å². The Morgan fingerprint density at radius 2 is 1.79 bits per heavy atom. The van der Waals surface area contributed by atoms with Crippen LogP contribution in [-0.4, -0.2) is 16.3 Å². The molecule has 165 valence electrons. The summed E-state index contributed by atoms with van der Waals surface area (Å²) in [6.45, 7) is 12.1. The zero-order valence-electron chi connectivity index (χ0n) is 19.6. The monoisotopic (exact) mass is 401 g/mol. The molecule has 0 bridgehead atoms. The highest BCUT2D eigenvalue weighted by Crippen LogP contribution is 2.68. The van der Waals surface area contributed by atoms with E-state index in [1.54, 1.807) is 0 Å². The van der Waals surface area contributed by atoms with Crippen molar-refractivity contribution in [2.75, 3.05) is 0 Å². The Bertz CT molecular complexity index is 636. The van der Waals surface area contributed by atoms with Gasteiger partial charge in [0.1, 0.15) is 11.9 Å². The van der Waals surface area contributed by atoms with Crippen molar-refractivity contribution < 1.29 is 10.2 Å². The largest absolute Gasteiger partial charge is 0.510 e. The fourth-order valence-electron chi connectivity index (χ4n) is 8.60. The van der Waals surface area contributed by atoms with E-state index in [9.17, 15) is 10.2 Å². The van der Waals surface area contributed by atoms with Crippen LogP contribution in [0.3, 0.4) is 0 Å². The predicted octanol–water partition coefficient (Wildman–Crippen LogP) is 7.09. The molecule has 2 heteroatoms. The molecule has 0 aromatic carbocycles. The van der Waals surface area contributed by atoms with Gasteiger partial charge in [0.25, 0.3) is 0 Å². The molecule has 8 atom stereocenters. The molecule has 0 aromatic heterocycles. The highest BCUT2D eigenvalue weighted by molar-refractivity contribution is 5.31. The van der Waals surface area contributed by atoms with Gasteiger partial charge in [-0.15, -0.1) is 0 Å². The van der Waals surface area contributed by atoms with Crippen LogP contribution in [0, 0.1) is 52.8 Å². The molecule has 2 nitrogen and oxygen atoms in total. The van der Waals surface area contributed by atoms with Crippen LogP contribution in [0.5, 0.6) is 0 Å². The zero-order chi connectivity index (χ0) is 21.0. The zero-order valence-corrected chi connectivity index (χ0v) is 19.6. The lowest BCUT2D eigenvalue weighted by Crippen LogP contribution is -2.55. The van der Waals surface area contributed by atoms with Gasteiger partial charge < -0.3 is 10.2 Å². The summed E-state index contributed by atoms with van der Waals surface area (Å²) in [5, 5.41) is 22.3. The Balaban J connectivity index is 1.57. The van der Waals surface area contributed by atoms with Crippen LogP contribution in [-0.2, 0) is 0 Å². The van der Waals surface area contributed by atoms with Crippen LogP contribution >= 0.6 is 0 Å². The maximum atomic E-state index is 11.3. The summed E-state index contributed by atoms with van der Waals surface area (Å²) < 4.78 is 0. The molecule has 1 radical (unpaired) electrons. The van der Waals surface area contributed by atoms with Gasteiger partial charge in [-0.2, -0.15) is 0 Å². The molecule has 4 aliphatic carbocycles. The van der Waals surface area contributed by atoms with E-state index in [2.05, 4.69) is 41.0 Å². The first-order valence-electron chi connectivity index (χ1n) is 12.6. The molecule has 0 saturated heterocycles. The van der Waals surface area contributed by atoms with Crippen LogP contribution in [0.25, 0.3) is 0 Å². The lowest BCUT2D eigenvalue weighted by molar-refractivity contribution is -0.107. The topological polar surface area (TPSA) is 40.5 Å². The van der Waals surface area contributed by atoms with Crippen molar-refractivity contribution in [1.29, 1.82) is 0 Å². The van der Waals surface area contributed by atoms with Crippen molar-refractivity contribution in [3.05, 3.63) is 17.8 Å². The number of hydrogen-bond acceptors (Lipinski definition) is 2. The maximum absolute atomic E-state index is 11.3. The van der Waals surface area contributed by atoms with E-state index >= 15 is 0 Å². The minimum absolute atomic E-state index is 0.102. The molecule has 4 rings (SSSR count). The Hall–Kier alpha value is -0.500. The smallest absolute Gasteiger partial charge is 0.121 e. The van der Waals surface area contributed by atoms with Gasteiger partial charge in [-0.1, -0.05) is 53.9 Å². The van der Waals surface area contributed by atoms with E-state index in [0.29, 0.717) is 23.0 Å². The quantitative estimate of drug-likeness (QED) is 0.516. The van der Waals surface area contributed by atoms with Crippen LogP contribution in [0.1, 0.15) is 98.8 Å². The van der Waals surface area contributed by atoms with E-state index in [4.69, 9.17) is 0 Å². The summed E-state index contributed by atoms with van der Waals surface area (Å²) in [6, 6.07) is 0. The Morgan fingerprint density at radius 1 is 1.03 bits per heavy atom. The summed E-state index contributed by atoms with van der Waals surface area (Å²) in [7, 11) is 0. The van der Waals surface area contributed by atoms with Crippen LogP contribution in [0.4, 0.5) is 0 Å². The van der Waals surface area contributed by atoms with Crippen LogP contribution in [0.2, 0.25) is 0 Å². The third-order valence-corrected chi connectivity index (χ3v) is 10.2. The van der Waals surface area contributed by atoms with Crippen molar-refractivity contribution in [2.45, 2.75) is 105 Å². The molecular weight excluding hydrogens is 356 g/mol. The van der Waals surface area contributed by atoms with Crippen molar-refractivity contribution >= 4 is 0 Å². The van der Waals surface area contributed by atoms with Gasteiger partial charge in [0, 0.05) is 0 Å². The molecule has 3 saturated carbocycles. The van der Waals surface area contributed by atoms with Crippen molar-refractivity contribution in [3.8, 4) is 0 Å². The number of aliphatic hydroxyl groups excluding tert-OH is 2. The van der Waals surface area contributed by atoms with E-state index in [0.717, 1.165) is 42.6 Å². The fourth-order valence-corrected chi connectivity index (χ4v) is 8.60. The van der Waals surface area contributed by atoms with E-state index in [1.807, 2.05) is 0 Å². The summed E-state index contributed by atoms with van der Waals surface area (Å²) in [5.41, 5.74) is 1.61. The number of hydrogen-bond donors (Lipinski definition) is 2. The maximum Gasteiger partial charge on any atom is 0.121 e. The standard InChI is InChI=1S/C27H45O2/c1-17(2)9-8-10-18(3)19-12-13-20-23-21(14-16-27(19,20)5)26(4)15-7-6-11-22(26)24(28)25(23)29/h6,17-21,23,25,28-29H,7-16H2,1-5H3/t18-,19-,20+,21+,23+,25?,26-,27-/m1/s1. The molecule has 0 aromatic rings. The summed E-state index contributed by atoms with van der Waals surface area (Å²) in [5.74, 6) is 4.09. The molecular formula is C27H45O2. The van der Waals surface area contributed by atoms with Gasteiger partial charge in [-0.25, -0.2) is 0 Å². The minimum atomic E-state index is -0.630. The number of fused-ring (bicyclic) bond motifs is 5. The summed E-state index contributed by atoms with van der Waals surface area (Å²) in [4.78, 5) is 0. The first-order valence-corrected chi connectivity index (χ1v) is 12.6. The van der Waals surface area contributed by atoms with Crippen molar-refractivity contribution in [3.63, 3.8) is 0 Å². The normalized spacial score (nSPS) is 45.7. The van der Waals surface area contributed by atoms with Gasteiger partial charge in [0.05, 0.1) is 0 Å². The van der Waals surface area contributed by atoms with E-state index in [1.165, 1.54) is 44.9 Å². The number of allylic oxidation sites excluding steroid dienone is 1. The lowest BCUT2D eigenvalue weighted by atomic mass is 9.46. The van der Waals surface area contributed by atoms with E-state index < -0.39 is 6.10 Å². The Labute approximate surface area is 179 Å². The highest BCUT2D eigenvalue weighted by atomic mass is 16.3. The molecule has 0 amide bonds. The second-order valence-corrected chi connectivity index (χ2v) is 12.1. The molecule has 1 unspecified atom stereocenters. The Kier molecular flexibility index (Phi) is 5.90. The number of rotatable bonds is 5. The first-order chi connectivity index (χ1) is 13.7. The van der Waals surface area contributed by atoms with Gasteiger partial charge in [-0.3, -0.25) is 0 Å². The molecule has 0 spiro atoms. The molecule has 29 heavy (non-hydrogen) atoms. The SMILES string of the molecule is CC(C)CCC[C@@H](C)[C@H]1CC[C@H]2[C@@H]3C(O)C(O)=C4C[CH]CC[C@]4(C)[C@H]3CC[C@]12C.